The molecule has 4 aromatic rings. The monoisotopic (exact) mass is 849 g/mol. The van der Waals surface area contributed by atoms with Crippen LogP contribution < -0.4 is 10.6 Å². The molecule has 0 radical (unpaired) electrons. The molecule has 2 aliphatic carbocycles. The van der Waals surface area contributed by atoms with E-state index in [1.807, 2.05) is 74.8 Å². The number of para-hydroxylation sites is 2. The van der Waals surface area contributed by atoms with E-state index in [9.17, 15) is 9.59 Å². The summed E-state index contributed by atoms with van der Waals surface area (Å²) in [6.07, 6.45) is 34.2. The number of benzene rings is 2. The summed E-state index contributed by atoms with van der Waals surface area (Å²) >= 11 is 0. The Morgan fingerprint density at radius 3 is 1.31 bits per heavy atom. The number of aromatic nitrogens is 2. The first-order valence-corrected chi connectivity index (χ1v) is 22.3. The molecule has 2 N–H and O–H groups in total. The highest BCUT2D eigenvalue weighted by atomic mass is 16.1. The average Bonchev–Trinajstić information content (AvgIpc) is 3.25. The van der Waals surface area contributed by atoms with Gasteiger partial charge in [0.15, 0.2) is 11.6 Å². The molecule has 0 amide bonds. The van der Waals surface area contributed by atoms with Crippen LogP contribution in [-0.2, 0) is 9.59 Å². The minimum absolute atomic E-state index is 0.130. The largest absolute Gasteiger partial charge is 0.374 e. The molecule has 0 spiro atoms. The first-order chi connectivity index (χ1) is 30.5. The quantitative estimate of drug-likeness (QED) is 0.123. The molecular weight excluding hydrogens is 785 g/mol. The number of pyridine rings is 2. The number of fused-ring (bicyclic) bond motifs is 2. The molecule has 0 bridgehead atoms. The van der Waals surface area contributed by atoms with Gasteiger partial charge in [0.2, 0.25) is 0 Å². The van der Waals surface area contributed by atoms with Gasteiger partial charge in [-0.15, -0.1) is 0 Å². The van der Waals surface area contributed by atoms with Crippen molar-refractivity contribution in [3.63, 3.8) is 0 Å². The van der Waals surface area contributed by atoms with Gasteiger partial charge in [-0.1, -0.05) is 171 Å². The zero-order valence-electron chi connectivity index (χ0n) is 39.3. The van der Waals surface area contributed by atoms with Crippen LogP contribution in [0.25, 0.3) is 21.8 Å². The molecule has 328 valence electrons. The molecule has 6 heteroatoms. The van der Waals surface area contributed by atoms with Gasteiger partial charge in [-0.2, -0.15) is 0 Å². The minimum atomic E-state index is -0.300. The molecule has 2 atom stereocenters. The molecular formula is C58H64N4O2. The zero-order chi connectivity index (χ0) is 46.0. The lowest BCUT2D eigenvalue weighted by molar-refractivity contribution is -0.118. The Labute approximate surface area is 381 Å². The van der Waals surface area contributed by atoms with Crippen molar-refractivity contribution in [2.75, 3.05) is 10.6 Å². The van der Waals surface area contributed by atoms with Gasteiger partial charge in [0, 0.05) is 10.8 Å². The van der Waals surface area contributed by atoms with Crippen molar-refractivity contribution in [2.24, 2.45) is 10.8 Å². The maximum absolute atomic E-state index is 13.5. The maximum Gasteiger partial charge on any atom is 0.181 e. The number of Topliss-reactive ketones (excluding diaryl/α,β-unsaturated/α-hetero) is 2. The third-order valence-corrected chi connectivity index (χ3v) is 12.2. The van der Waals surface area contributed by atoms with Gasteiger partial charge in [-0.05, 0) is 112 Å². The highest BCUT2D eigenvalue weighted by Gasteiger charge is 2.39. The van der Waals surface area contributed by atoms with Gasteiger partial charge in [-0.25, -0.2) is 0 Å². The first kappa shape index (κ1) is 46.8. The number of allylic oxidation sites excluding steroid dienone is 20. The number of anilines is 2. The van der Waals surface area contributed by atoms with Crippen LogP contribution in [0.1, 0.15) is 82.1 Å². The highest BCUT2D eigenvalue weighted by Crippen LogP contribution is 2.42. The number of hydrogen-bond acceptors (Lipinski definition) is 6. The Kier molecular flexibility index (Phi) is 15.1. The highest BCUT2D eigenvalue weighted by molar-refractivity contribution is 6.04. The Morgan fingerprint density at radius 2 is 0.906 bits per heavy atom. The molecule has 0 saturated heterocycles. The minimum Gasteiger partial charge on any atom is -0.374 e. The summed E-state index contributed by atoms with van der Waals surface area (Å²) in [6.45, 7) is 21.1. The van der Waals surface area contributed by atoms with E-state index in [0.29, 0.717) is 12.8 Å². The molecule has 6 rings (SSSR count). The van der Waals surface area contributed by atoms with Crippen LogP contribution >= 0.6 is 0 Å². The number of ketones is 2. The molecule has 2 heterocycles. The molecule has 6 nitrogen and oxygen atoms in total. The zero-order valence-corrected chi connectivity index (χ0v) is 39.3. The van der Waals surface area contributed by atoms with E-state index >= 15 is 0 Å². The molecule has 64 heavy (non-hydrogen) atoms. The fourth-order valence-electron chi connectivity index (χ4n) is 8.64. The van der Waals surface area contributed by atoms with Crippen LogP contribution in [0.4, 0.5) is 11.4 Å². The van der Waals surface area contributed by atoms with Crippen LogP contribution in [0, 0.1) is 10.8 Å². The Balaban J connectivity index is 0.984. The maximum atomic E-state index is 13.5. The number of carbonyl (C=O) groups excluding carboxylic acids is 2. The molecule has 0 saturated carbocycles. The second kappa shape index (κ2) is 20.7. The Morgan fingerprint density at radius 1 is 0.547 bits per heavy atom. The van der Waals surface area contributed by atoms with Crippen LogP contribution in [0.2, 0.25) is 0 Å². The van der Waals surface area contributed by atoms with Crippen LogP contribution in [0.15, 0.2) is 203 Å². The topological polar surface area (TPSA) is 84.0 Å². The van der Waals surface area contributed by atoms with E-state index in [1.165, 1.54) is 0 Å². The number of rotatable bonds is 14. The van der Waals surface area contributed by atoms with E-state index in [-0.39, 0.29) is 34.5 Å². The summed E-state index contributed by atoms with van der Waals surface area (Å²) in [7, 11) is 0. The van der Waals surface area contributed by atoms with Gasteiger partial charge < -0.3 is 10.6 Å². The molecule has 0 aliphatic heterocycles. The van der Waals surface area contributed by atoms with Crippen molar-refractivity contribution < 1.29 is 9.59 Å². The van der Waals surface area contributed by atoms with E-state index in [2.05, 4.69) is 173 Å². The second-order valence-corrected chi connectivity index (χ2v) is 18.6. The molecule has 2 aromatic carbocycles. The predicted molar refractivity (Wildman–Crippen MR) is 271 cm³/mol. The molecule has 2 unspecified atom stereocenters. The summed E-state index contributed by atoms with van der Waals surface area (Å²) in [5.74, 6) is 0.261. The van der Waals surface area contributed by atoms with Crippen LogP contribution in [0.5, 0.6) is 0 Å². The van der Waals surface area contributed by atoms with Gasteiger partial charge >= 0.3 is 0 Å². The molecule has 0 fully saturated rings. The average molecular weight is 849 g/mol. The van der Waals surface area contributed by atoms with Crippen molar-refractivity contribution in [2.45, 2.75) is 94.2 Å². The smallest absolute Gasteiger partial charge is 0.181 e. The predicted octanol–water partition coefficient (Wildman–Crippen LogP) is 14.2. The number of carbonyl (C=O) groups is 2. The van der Waals surface area contributed by atoms with Gasteiger partial charge in [0.05, 0.1) is 46.9 Å². The van der Waals surface area contributed by atoms with Crippen molar-refractivity contribution in [1.82, 2.24) is 9.97 Å². The van der Waals surface area contributed by atoms with E-state index in [4.69, 9.17) is 0 Å². The summed E-state index contributed by atoms with van der Waals surface area (Å²) in [5.41, 5.74) is 11.5. The number of nitrogens with zero attached hydrogens (tertiary/aromatic N) is 2. The lowest BCUT2D eigenvalue weighted by Gasteiger charge is -2.37. The Bertz CT molecular complexity index is 2580. The second-order valence-electron chi connectivity index (χ2n) is 18.6. The van der Waals surface area contributed by atoms with Crippen molar-refractivity contribution in [3.8, 4) is 0 Å². The third-order valence-electron chi connectivity index (χ3n) is 12.2. The van der Waals surface area contributed by atoms with Gasteiger partial charge in [0.1, 0.15) is 0 Å². The van der Waals surface area contributed by atoms with Crippen molar-refractivity contribution in [3.05, 3.63) is 203 Å². The van der Waals surface area contributed by atoms with E-state index < -0.39 is 0 Å². The lowest BCUT2D eigenvalue weighted by atomic mass is 9.70. The fourth-order valence-corrected chi connectivity index (χ4v) is 8.64. The summed E-state index contributed by atoms with van der Waals surface area (Å²) in [5, 5.41) is 9.04. The Hall–Kier alpha value is -6.66. The summed E-state index contributed by atoms with van der Waals surface area (Å²) in [4.78, 5) is 36.2. The lowest BCUT2D eigenvalue weighted by Crippen LogP contribution is -2.40. The van der Waals surface area contributed by atoms with Crippen molar-refractivity contribution in [1.29, 1.82) is 0 Å². The SMILES string of the molecule is CC(C=CC=C(C)C=CC1=C(C)C(=O)C(Nc2cnc3ccccc3c2)CC1(C)C)=CC=CC=C(C)C=CC=C(C)C=CC1=C(C)C(=O)C(Nc2cnc3ccccc3c2)CC1(C)C. The van der Waals surface area contributed by atoms with Crippen molar-refractivity contribution >= 4 is 44.7 Å². The third kappa shape index (κ3) is 12.1. The van der Waals surface area contributed by atoms with E-state index in [0.717, 1.165) is 77.8 Å². The van der Waals surface area contributed by atoms with Crippen LogP contribution in [0.3, 0.4) is 0 Å². The summed E-state index contributed by atoms with van der Waals surface area (Å²) in [6, 6.07) is 19.6. The van der Waals surface area contributed by atoms with Gasteiger partial charge in [0.25, 0.3) is 0 Å². The molecule has 2 aliphatic rings. The standard InChI is InChI=1S/C58H64N4O2/c1-39(21-17-23-41(3)29-31-49-43(5)55(63)53(35-57(49,7)8)61-47-33-45-25-13-15-27-51(45)59-37-47)19-11-12-20-40(2)22-18-24-42(4)30-32-50-44(6)56(64)54(36-58(50,9)10)62-48-34-46-26-14-16-28-52(46)60-38-48/h11-34,37-38,53-54,61-62H,35-36H2,1-10H3. The number of hydrogen-bond donors (Lipinski definition) is 2. The number of nitrogens with one attached hydrogen (secondary N) is 2. The molecule has 2 aromatic heterocycles. The summed E-state index contributed by atoms with van der Waals surface area (Å²) < 4.78 is 0. The van der Waals surface area contributed by atoms with E-state index in [1.54, 1.807) is 0 Å². The first-order valence-electron chi connectivity index (χ1n) is 22.3. The normalized spacial score (nSPS) is 20.5. The fraction of sp³-hybridized carbons (Fsp3) is 0.276. The van der Waals surface area contributed by atoms with Gasteiger partial charge in [-0.3, -0.25) is 19.6 Å². The van der Waals surface area contributed by atoms with Crippen LogP contribution in [-0.4, -0.2) is 33.6 Å².